The predicted octanol–water partition coefficient (Wildman–Crippen LogP) is 2.24. The van der Waals surface area contributed by atoms with E-state index >= 15 is 0 Å². The van der Waals surface area contributed by atoms with E-state index in [1.54, 1.807) is 6.20 Å². The van der Waals surface area contributed by atoms with Gasteiger partial charge in [-0.05, 0) is 24.1 Å². The first kappa shape index (κ1) is 16.1. The molecule has 0 aliphatic carbocycles. The maximum absolute atomic E-state index is 11.7. The number of nitrogens with one attached hydrogen (secondary N) is 1. The summed E-state index contributed by atoms with van der Waals surface area (Å²) in [4.78, 5) is 14.6. The number of hydrogen-bond donors (Lipinski definition) is 2. The van der Waals surface area contributed by atoms with E-state index < -0.39 is 0 Å². The van der Waals surface area contributed by atoms with E-state index in [2.05, 4.69) is 24.0 Å². The van der Waals surface area contributed by atoms with Gasteiger partial charge in [0.2, 0.25) is 5.43 Å². The minimum Gasteiger partial charge on any atom is -0.493 e. The van der Waals surface area contributed by atoms with Crippen LogP contribution in [0, 0.1) is 0 Å². The molecule has 5 heteroatoms. The Hall–Kier alpha value is -2.27. The summed E-state index contributed by atoms with van der Waals surface area (Å²) in [6, 6.07) is 9.52. The van der Waals surface area contributed by atoms with Crippen molar-refractivity contribution in [1.82, 2.24) is 4.98 Å². The van der Waals surface area contributed by atoms with Gasteiger partial charge < -0.3 is 20.2 Å². The van der Waals surface area contributed by atoms with Gasteiger partial charge in [0.1, 0.15) is 5.75 Å². The lowest BCUT2D eigenvalue weighted by molar-refractivity contribution is 0.245. The minimum atomic E-state index is -0.157. The Morgan fingerprint density at radius 2 is 1.86 bits per heavy atom. The fourth-order valence-electron chi connectivity index (χ4n) is 1.98. The monoisotopic (exact) mass is 302 g/mol. The van der Waals surface area contributed by atoms with E-state index in [0.717, 1.165) is 12.2 Å². The second kappa shape index (κ2) is 8.24. The van der Waals surface area contributed by atoms with Gasteiger partial charge in [-0.25, -0.2) is 0 Å². The molecule has 0 unspecified atom stereocenters. The van der Waals surface area contributed by atoms with Crippen LogP contribution in [0.1, 0.15) is 24.6 Å². The third-order valence-electron chi connectivity index (χ3n) is 3.30. The topological polar surface area (TPSA) is 77.3 Å². The van der Waals surface area contributed by atoms with Crippen LogP contribution in [0.5, 0.6) is 11.5 Å². The molecule has 22 heavy (non-hydrogen) atoms. The van der Waals surface area contributed by atoms with Crippen LogP contribution in [0.4, 0.5) is 0 Å². The van der Waals surface area contributed by atoms with Crippen molar-refractivity contribution in [2.45, 2.75) is 26.3 Å². The van der Waals surface area contributed by atoms with Crippen LogP contribution in [0.25, 0.3) is 0 Å². The lowest BCUT2D eigenvalue weighted by Crippen LogP contribution is -2.13. The second-order valence-corrected chi connectivity index (χ2v) is 4.94. The molecule has 0 bridgehead atoms. The number of aromatic nitrogens is 1. The Bertz CT molecular complexity index is 635. The molecule has 0 aliphatic rings. The Balaban J connectivity index is 1.71. The average Bonchev–Trinajstić information content (AvgIpc) is 2.56. The zero-order valence-electron chi connectivity index (χ0n) is 12.8. The Labute approximate surface area is 130 Å². The SMILES string of the molecule is CCc1ccc(OCCCOc2c[nH]c(CN)cc2=O)cc1. The Morgan fingerprint density at radius 1 is 1.14 bits per heavy atom. The van der Waals surface area contributed by atoms with Crippen LogP contribution in [-0.2, 0) is 13.0 Å². The molecule has 0 aliphatic heterocycles. The summed E-state index contributed by atoms with van der Waals surface area (Å²) in [6.45, 7) is 3.40. The molecule has 0 radical (unpaired) electrons. The summed E-state index contributed by atoms with van der Waals surface area (Å²) in [5.41, 5.74) is 7.28. The highest BCUT2D eigenvalue weighted by Gasteiger charge is 2.02. The van der Waals surface area contributed by atoms with E-state index in [1.165, 1.54) is 11.6 Å². The van der Waals surface area contributed by atoms with Crippen molar-refractivity contribution in [1.29, 1.82) is 0 Å². The standard InChI is InChI=1S/C17H22N2O3/c1-2-13-4-6-15(7-5-13)21-8-3-9-22-17-12-19-14(11-18)10-16(17)20/h4-7,10,12H,2-3,8-9,11,18H2,1H3,(H,19,20). The molecule has 1 heterocycles. The van der Waals surface area contributed by atoms with Crippen LogP contribution < -0.4 is 20.6 Å². The van der Waals surface area contributed by atoms with Crippen molar-refractivity contribution in [3.63, 3.8) is 0 Å². The summed E-state index contributed by atoms with van der Waals surface area (Å²) in [5, 5.41) is 0. The van der Waals surface area contributed by atoms with Crippen LogP contribution in [0.3, 0.4) is 0 Å². The third kappa shape index (κ3) is 4.63. The van der Waals surface area contributed by atoms with Gasteiger partial charge >= 0.3 is 0 Å². The maximum Gasteiger partial charge on any atom is 0.223 e. The summed E-state index contributed by atoms with van der Waals surface area (Å²) in [5.74, 6) is 1.16. The maximum atomic E-state index is 11.7. The molecule has 2 rings (SSSR count). The fourth-order valence-corrected chi connectivity index (χ4v) is 1.98. The summed E-state index contributed by atoms with van der Waals surface area (Å²) >= 11 is 0. The van der Waals surface area contributed by atoms with Gasteiger partial charge in [0.25, 0.3) is 0 Å². The number of pyridine rings is 1. The minimum absolute atomic E-state index is 0.157. The Morgan fingerprint density at radius 3 is 2.50 bits per heavy atom. The summed E-state index contributed by atoms with van der Waals surface area (Å²) in [7, 11) is 0. The molecule has 0 atom stereocenters. The van der Waals surface area contributed by atoms with Gasteiger partial charge in [0.05, 0.1) is 13.2 Å². The first-order chi connectivity index (χ1) is 10.7. The van der Waals surface area contributed by atoms with Gasteiger partial charge in [0, 0.05) is 30.9 Å². The molecule has 0 amide bonds. The highest BCUT2D eigenvalue weighted by atomic mass is 16.5. The zero-order chi connectivity index (χ0) is 15.8. The molecule has 0 saturated carbocycles. The van der Waals surface area contributed by atoms with Gasteiger partial charge in [-0.1, -0.05) is 19.1 Å². The normalized spacial score (nSPS) is 10.5. The molecule has 1 aromatic carbocycles. The lowest BCUT2D eigenvalue weighted by Gasteiger charge is -2.08. The van der Waals surface area contributed by atoms with E-state index in [-0.39, 0.29) is 5.43 Å². The first-order valence-corrected chi connectivity index (χ1v) is 7.49. The summed E-state index contributed by atoms with van der Waals surface area (Å²) < 4.78 is 11.1. The molecule has 1 aromatic heterocycles. The second-order valence-electron chi connectivity index (χ2n) is 4.94. The molecule has 0 saturated heterocycles. The number of aryl methyl sites for hydroxylation is 1. The van der Waals surface area contributed by atoms with Crippen molar-refractivity contribution in [2.75, 3.05) is 13.2 Å². The largest absolute Gasteiger partial charge is 0.493 e. The quantitative estimate of drug-likeness (QED) is 0.733. The molecule has 0 spiro atoms. The van der Waals surface area contributed by atoms with Crippen molar-refractivity contribution in [3.05, 3.63) is 58.0 Å². The van der Waals surface area contributed by atoms with Gasteiger partial charge in [0.15, 0.2) is 5.75 Å². The van der Waals surface area contributed by atoms with Crippen LogP contribution in [0.2, 0.25) is 0 Å². The fraction of sp³-hybridized carbons (Fsp3) is 0.353. The van der Waals surface area contributed by atoms with Crippen LogP contribution >= 0.6 is 0 Å². The van der Waals surface area contributed by atoms with E-state index in [4.69, 9.17) is 15.2 Å². The van der Waals surface area contributed by atoms with Crippen molar-refractivity contribution in [2.24, 2.45) is 5.73 Å². The number of nitrogens with two attached hydrogens (primary N) is 1. The molecule has 5 nitrogen and oxygen atoms in total. The highest BCUT2D eigenvalue weighted by molar-refractivity contribution is 5.27. The highest BCUT2D eigenvalue weighted by Crippen LogP contribution is 2.12. The number of H-pyrrole nitrogens is 1. The molecular formula is C17H22N2O3. The smallest absolute Gasteiger partial charge is 0.223 e. The van der Waals surface area contributed by atoms with E-state index in [9.17, 15) is 4.79 Å². The van der Waals surface area contributed by atoms with E-state index in [0.29, 0.717) is 37.6 Å². The molecule has 0 fully saturated rings. The molecule has 118 valence electrons. The number of hydrogen-bond acceptors (Lipinski definition) is 4. The predicted molar refractivity (Wildman–Crippen MR) is 86.4 cm³/mol. The third-order valence-corrected chi connectivity index (χ3v) is 3.30. The average molecular weight is 302 g/mol. The van der Waals surface area contributed by atoms with Gasteiger partial charge in [-0.3, -0.25) is 4.79 Å². The zero-order valence-corrected chi connectivity index (χ0v) is 12.8. The lowest BCUT2D eigenvalue weighted by atomic mass is 10.2. The molecular weight excluding hydrogens is 280 g/mol. The molecule has 3 N–H and O–H groups in total. The van der Waals surface area contributed by atoms with Crippen molar-refractivity contribution in [3.8, 4) is 11.5 Å². The molecule has 2 aromatic rings. The van der Waals surface area contributed by atoms with E-state index in [1.807, 2.05) is 12.1 Å². The number of ether oxygens (including phenoxy) is 2. The number of aromatic amines is 1. The van der Waals surface area contributed by atoms with Gasteiger partial charge in [-0.15, -0.1) is 0 Å². The summed E-state index contributed by atoms with van der Waals surface area (Å²) in [6.07, 6.45) is 3.27. The van der Waals surface area contributed by atoms with Crippen molar-refractivity contribution >= 4 is 0 Å². The Kier molecular flexibility index (Phi) is 6.03. The first-order valence-electron chi connectivity index (χ1n) is 7.49. The van der Waals surface area contributed by atoms with Crippen molar-refractivity contribution < 1.29 is 9.47 Å². The van der Waals surface area contributed by atoms with Crippen LogP contribution in [-0.4, -0.2) is 18.2 Å². The van der Waals surface area contributed by atoms with Crippen LogP contribution in [0.15, 0.2) is 41.3 Å². The number of benzene rings is 1. The van der Waals surface area contributed by atoms with Gasteiger partial charge in [-0.2, -0.15) is 0 Å². The number of rotatable bonds is 8.